The smallest absolute Gasteiger partial charge is 0.411 e. The van der Waals surface area contributed by atoms with E-state index in [1.807, 2.05) is 103 Å². The molecule has 2 aliphatic heterocycles. The van der Waals surface area contributed by atoms with E-state index >= 15 is 0 Å². The van der Waals surface area contributed by atoms with Crippen molar-refractivity contribution in [2.45, 2.75) is 66.5 Å². The number of likely N-dealkylation sites (tertiary alicyclic amines) is 2. The van der Waals surface area contributed by atoms with Gasteiger partial charge >= 0.3 is 6.09 Å². The lowest BCUT2D eigenvalue weighted by Crippen LogP contribution is -2.30. The normalized spacial score (nSPS) is 14.0. The molecule has 2 aliphatic rings. The lowest BCUT2D eigenvalue weighted by atomic mass is 9.87. The van der Waals surface area contributed by atoms with E-state index in [1.165, 1.54) is 39.2 Å². The third-order valence-electron chi connectivity index (χ3n) is 13.2. The van der Waals surface area contributed by atoms with Gasteiger partial charge < -0.3 is 20.3 Å². The maximum absolute atomic E-state index is 12.9. The molecule has 0 saturated carbocycles. The lowest BCUT2D eigenvalue weighted by Gasteiger charge is -2.30. The third-order valence-corrected chi connectivity index (χ3v) is 15.0. The van der Waals surface area contributed by atoms with Gasteiger partial charge in [-0.1, -0.05) is 71.8 Å². The topological polar surface area (TPSA) is 111 Å². The van der Waals surface area contributed by atoms with Crippen LogP contribution >= 0.6 is 22.7 Å². The van der Waals surface area contributed by atoms with E-state index in [4.69, 9.17) is 10.5 Å². The van der Waals surface area contributed by atoms with Gasteiger partial charge in [-0.15, -0.1) is 22.7 Å². The number of carbonyl (C=O) groups is 3. The molecule has 0 aliphatic carbocycles. The summed E-state index contributed by atoms with van der Waals surface area (Å²) in [7, 11) is 1.36. The number of ether oxygens (including phenoxy) is 1. The van der Waals surface area contributed by atoms with Crippen LogP contribution in [-0.4, -0.2) is 97.0 Å². The van der Waals surface area contributed by atoms with Crippen LogP contribution in [-0.2, 0) is 17.8 Å². The summed E-state index contributed by atoms with van der Waals surface area (Å²) in [5.74, 6) is 0.142. The maximum Gasteiger partial charge on any atom is 0.411 e. The number of methoxy groups -OCH3 is 1. The van der Waals surface area contributed by atoms with Crippen LogP contribution < -0.4 is 11.1 Å². The first-order valence-corrected chi connectivity index (χ1v) is 26.4. The predicted octanol–water partition coefficient (Wildman–Crippen LogP) is 12.4. The van der Waals surface area contributed by atoms with Gasteiger partial charge in [-0.2, -0.15) is 0 Å². The van der Waals surface area contributed by atoms with Gasteiger partial charge in [-0.25, -0.2) is 4.79 Å². The van der Waals surface area contributed by atoms with E-state index in [0.29, 0.717) is 24.3 Å². The van der Waals surface area contributed by atoms with Gasteiger partial charge in [0.05, 0.1) is 7.11 Å². The molecule has 0 bridgehead atoms. The first-order valence-electron chi connectivity index (χ1n) is 24.6. The molecule has 0 radical (unpaired) electrons. The van der Waals surface area contributed by atoms with Crippen molar-refractivity contribution >= 4 is 63.1 Å². The Morgan fingerprint density at radius 3 is 1.34 bits per heavy atom. The molecule has 0 atom stereocenters. The molecule has 4 heterocycles. The highest BCUT2D eigenvalue weighted by atomic mass is 32.1. The molecular formula is C58H68N6O4S2. The Hall–Kier alpha value is -6.31. The molecule has 2 aromatic heterocycles. The van der Waals surface area contributed by atoms with Crippen molar-refractivity contribution in [3.63, 3.8) is 0 Å². The molecule has 3 amide bonds. The molecule has 0 spiro atoms. The monoisotopic (exact) mass is 976 g/mol. The van der Waals surface area contributed by atoms with Crippen LogP contribution in [0.3, 0.4) is 0 Å². The van der Waals surface area contributed by atoms with Crippen LogP contribution in [0.1, 0.15) is 106 Å². The van der Waals surface area contributed by atoms with E-state index < -0.39 is 6.09 Å². The van der Waals surface area contributed by atoms with Crippen molar-refractivity contribution in [1.82, 2.24) is 19.6 Å². The number of hydrogen-bond donors (Lipinski definition) is 2. The number of nitrogen functional groups attached to an aromatic ring is 1. The summed E-state index contributed by atoms with van der Waals surface area (Å²) in [6.07, 6.45) is 3.52. The lowest BCUT2D eigenvalue weighted by molar-refractivity contribution is 0.0765. The first kappa shape index (κ1) is 51.5. The molecule has 10 nitrogen and oxygen atoms in total. The molecule has 70 heavy (non-hydrogen) atoms. The highest BCUT2D eigenvalue weighted by Crippen LogP contribution is 2.36. The van der Waals surface area contributed by atoms with Crippen LogP contribution in [0.5, 0.6) is 0 Å². The van der Waals surface area contributed by atoms with Gasteiger partial charge in [0.25, 0.3) is 11.8 Å². The minimum absolute atomic E-state index is 0.0527. The van der Waals surface area contributed by atoms with Crippen LogP contribution in [0.25, 0.3) is 11.1 Å². The number of nitrogens with two attached hydrogens (primary N) is 1. The number of nitrogens with zero attached hydrogens (tertiary/aromatic N) is 4. The van der Waals surface area contributed by atoms with Gasteiger partial charge in [-0.05, 0) is 158 Å². The van der Waals surface area contributed by atoms with E-state index in [2.05, 4.69) is 92.6 Å². The van der Waals surface area contributed by atoms with Crippen molar-refractivity contribution < 1.29 is 19.1 Å². The van der Waals surface area contributed by atoms with E-state index in [9.17, 15) is 14.4 Å². The van der Waals surface area contributed by atoms with Gasteiger partial charge in [0.15, 0.2) is 0 Å². The summed E-state index contributed by atoms with van der Waals surface area (Å²) in [5, 5.41) is 7.06. The highest BCUT2D eigenvalue weighted by molar-refractivity contribution is 7.10. The van der Waals surface area contributed by atoms with Gasteiger partial charge in [-0.3, -0.25) is 24.7 Å². The minimum Gasteiger partial charge on any atom is -0.453 e. The van der Waals surface area contributed by atoms with E-state index in [-0.39, 0.29) is 11.8 Å². The second kappa shape index (κ2) is 25.5. The third kappa shape index (κ3) is 13.5. The fourth-order valence-electron chi connectivity index (χ4n) is 9.42. The van der Waals surface area contributed by atoms with Crippen LogP contribution in [0, 0.1) is 0 Å². The number of piperidine rings is 2. The number of thiophene rings is 2. The molecule has 4 aromatic carbocycles. The second-order valence-electron chi connectivity index (χ2n) is 17.6. The van der Waals surface area contributed by atoms with Crippen molar-refractivity contribution in [3.05, 3.63) is 186 Å². The number of rotatable bonds is 15. The number of benzene rings is 4. The number of nitrogens with one attached hydrogen (secondary N) is 1. The van der Waals surface area contributed by atoms with Crippen molar-refractivity contribution in [2.75, 3.05) is 70.5 Å². The standard InChI is InChI=1S/C30H35N3O3S.C28H33N3OS/c1-4-33(5-2)29(34)24-13-11-22(12-14-24)28(25-8-6-9-26(20-25)31-30(35)36-3)23-15-17-32(18-16-23)21-27-10-7-19-37-27;1-3-31(4-2)28(32)23-12-10-21(11-13-23)27(24-7-5-8-25(29)19-24)22-14-16-30(17-15-22)20-26-9-6-18-33-26/h6-14,19-20H,4-5,15-18,21H2,1-3H3,(H,31,35);5-13,18-19H,3-4,14-17,20,29H2,1-2H3. The SMILES string of the molecule is CCN(CC)C(=O)c1ccc(C(=C2CCN(Cc3cccs3)CC2)c2cccc(N)c2)cc1.CCN(CC)C(=O)c1ccc(C(=C2CCN(Cc3cccs3)CC2)c2cccc(NC(=O)OC)c2)cc1. The minimum atomic E-state index is -0.493. The summed E-state index contributed by atoms with van der Waals surface area (Å²) in [6.45, 7) is 17.0. The predicted molar refractivity (Wildman–Crippen MR) is 290 cm³/mol. The quantitative estimate of drug-likeness (QED) is 0.0986. The number of hydrogen-bond acceptors (Lipinski definition) is 9. The van der Waals surface area contributed by atoms with Crippen LogP contribution in [0.4, 0.5) is 16.2 Å². The molecule has 0 unspecified atom stereocenters. The Labute approximate surface area is 423 Å². The van der Waals surface area contributed by atoms with Crippen molar-refractivity contribution in [2.24, 2.45) is 0 Å². The molecule has 12 heteroatoms. The summed E-state index contributed by atoms with van der Waals surface area (Å²) in [5.41, 5.74) is 18.8. The average molecular weight is 977 g/mol. The Morgan fingerprint density at radius 1 is 0.543 bits per heavy atom. The zero-order valence-corrected chi connectivity index (χ0v) is 43.0. The van der Waals surface area contributed by atoms with Crippen LogP contribution in [0.15, 0.2) is 143 Å². The summed E-state index contributed by atoms with van der Waals surface area (Å²) in [6, 6.07) is 40.8. The fraction of sp³-hybridized carbons (Fsp3) is 0.328. The Balaban J connectivity index is 0.000000208. The van der Waals surface area contributed by atoms with Crippen molar-refractivity contribution in [3.8, 4) is 0 Å². The Kier molecular flexibility index (Phi) is 18.8. The number of amides is 3. The first-order chi connectivity index (χ1) is 34.1. The van der Waals surface area contributed by atoms with E-state index in [0.717, 1.165) is 112 Å². The second-order valence-corrected chi connectivity index (χ2v) is 19.7. The summed E-state index contributed by atoms with van der Waals surface area (Å²) >= 11 is 3.63. The zero-order chi connectivity index (χ0) is 49.4. The molecule has 2 fully saturated rings. The van der Waals surface area contributed by atoms with Crippen LogP contribution in [0.2, 0.25) is 0 Å². The van der Waals surface area contributed by atoms with Gasteiger partial charge in [0.2, 0.25) is 0 Å². The highest BCUT2D eigenvalue weighted by Gasteiger charge is 2.23. The number of anilines is 2. The van der Waals surface area contributed by atoms with Gasteiger partial charge in [0, 0.05) is 97.7 Å². The largest absolute Gasteiger partial charge is 0.453 e. The summed E-state index contributed by atoms with van der Waals surface area (Å²) < 4.78 is 4.78. The van der Waals surface area contributed by atoms with Crippen molar-refractivity contribution in [1.29, 1.82) is 0 Å². The zero-order valence-electron chi connectivity index (χ0n) is 41.4. The molecule has 6 aromatic rings. The molecule has 2 saturated heterocycles. The van der Waals surface area contributed by atoms with Gasteiger partial charge in [0.1, 0.15) is 0 Å². The Bertz CT molecular complexity index is 2680. The maximum atomic E-state index is 12.9. The van der Waals surface area contributed by atoms with E-state index in [1.54, 1.807) is 11.3 Å². The fourth-order valence-corrected chi connectivity index (χ4v) is 10.9. The molecule has 3 N–H and O–H groups in total. The molecule has 8 rings (SSSR count). The number of carbonyl (C=O) groups excluding carboxylic acids is 3. The molecule has 366 valence electrons. The summed E-state index contributed by atoms with van der Waals surface area (Å²) in [4.78, 5) is 49.0. The Morgan fingerprint density at radius 2 is 0.957 bits per heavy atom. The average Bonchev–Trinajstić information content (AvgIpc) is 4.12. The molecular weight excluding hydrogens is 909 g/mol.